The molecular formula is C10H12ClN3O4. The summed E-state index contributed by atoms with van der Waals surface area (Å²) in [6.45, 7) is -0.00508. The van der Waals surface area contributed by atoms with Gasteiger partial charge in [0.2, 0.25) is 0 Å². The molecule has 1 aromatic rings. The molecule has 1 unspecified atom stereocenters. The summed E-state index contributed by atoms with van der Waals surface area (Å²) in [4.78, 5) is 21.7. The second-order valence-electron chi connectivity index (χ2n) is 3.37. The molecule has 0 spiro atoms. The van der Waals surface area contributed by atoms with Gasteiger partial charge >= 0.3 is 0 Å². The number of non-ortho nitro benzene ring substituents is 1. The predicted octanol–water partition coefficient (Wildman–Crippen LogP) is 1.16. The van der Waals surface area contributed by atoms with E-state index in [2.05, 4.69) is 5.32 Å². The SMILES string of the molecule is COC(CN)C(=O)Nc1cc([N+](=O)[O-])ccc1Cl. The van der Waals surface area contributed by atoms with Gasteiger partial charge in [0.25, 0.3) is 11.6 Å². The smallest absolute Gasteiger partial charge is 0.271 e. The average molecular weight is 274 g/mol. The van der Waals surface area contributed by atoms with Crippen molar-refractivity contribution in [1.29, 1.82) is 0 Å². The molecule has 1 amide bonds. The van der Waals surface area contributed by atoms with Crippen LogP contribution in [0.5, 0.6) is 0 Å². The lowest BCUT2D eigenvalue weighted by atomic mass is 10.2. The number of benzene rings is 1. The summed E-state index contributed by atoms with van der Waals surface area (Å²) in [7, 11) is 1.34. The van der Waals surface area contributed by atoms with E-state index >= 15 is 0 Å². The van der Waals surface area contributed by atoms with Crippen molar-refractivity contribution in [2.75, 3.05) is 19.0 Å². The first-order chi connectivity index (χ1) is 8.49. The Morgan fingerprint density at radius 1 is 1.67 bits per heavy atom. The number of rotatable bonds is 5. The number of carbonyl (C=O) groups is 1. The van der Waals surface area contributed by atoms with E-state index in [1.54, 1.807) is 0 Å². The highest BCUT2D eigenvalue weighted by molar-refractivity contribution is 6.33. The second kappa shape index (κ2) is 6.29. The Morgan fingerprint density at radius 2 is 2.33 bits per heavy atom. The van der Waals surface area contributed by atoms with E-state index in [1.165, 1.54) is 25.3 Å². The molecule has 0 aliphatic heterocycles. The summed E-state index contributed by atoms with van der Waals surface area (Å²) in [5.41, 5.74) is 5.30. The Kier molecular flexibility index (Phi) is 5.02. The molecule has 0 heterocycles. The van der Waals surface area contributed by atoms with E-state index < -0.39 is 16.9 Å². The number of nitrogens with one attached hydrogen (secondary N) is 1. The molecule has 8 heteroatoms. The van der Waals surface area contributed by atoms with Gasteiger partial charge in [0.15, 0.2) is 0 Å². The van der Waals surface area contributed by atoms with Gasteiger partial charge in [0.05, 0.1) is 15.6 Å². The summed E-state index contributed by atoms with van der Waals surface area (Å²) >= 11 is 5.83. The Labute approximate surface area is 108 Å². The van der Waals surface area contributed by atoms with Crippen molar-refractivity contribution in [3.05, 3.63) is 33.3 Å². The number of hydrogen-bond donors (Lipinski definition) is 2. The van der Waals surface area contributed by atoms with Crippen LogP contribution in [0.25, 0.3) is 0 Å². The predicted molar refractivity (Wildman–Crippen MR) is 66.6 cm³/mol. The van der Waals surface area contributed by atoms with Crippen LogP contribution in [0.2, 0.25) is 5.02 Å². The highest BCUT2D eigenvalue weighted by Crippen LogP contribution is 2.26. The van der Waals surface area contributed by atoms with E-state index in [4.69, 9.17) is 22.1 Å². The minimum absolute atomic E-state index is 0.00508. The maximum atomic E-state index is 11.7. The molecule has 7 nitrogen and oxygen atoms in total. The Morgan fingerprint density at radius 3 is 2.83 bits per heavy atom. The van der Waals surface area contributed by atoms with Crippen LogP contribution < -0.4 is 11.1 Å². The minimum Gasteiger partial charge on any atom is -0.370 e. The first-order valence-electron chi connectivity index (χ1n) is 4.97. The number of methoxy groups -OCH3 is 1. The zero-order chi connectivity index (χ0) is 13.7. The molecule has 1 rings (SSSR count). The van der Waals surface area contributed by atoms with E-state index in [0.29, 0.717) is 0 Å². The van der Waals surface area contributed by atoms with Crippen molar-refractivity contribution >= 4 is 28.9 Å². The van der Waals surface area contributed by atoms with Gasteiger partial charge in [-0.2, -0.15) is 0 Å². The fourth-order valence-electron chi connectivity index (χ4n) is 1.25. The minimum atomic E-state index is -0.833. The normalized spacial score (nSPS) is 11.9. The highest BCUT2D eigenvalue weighted by atomic mass is 35.5. The molecule has 1 aromatic carbocycles. The Hall–Kier alpha value is -1.70. The molecule has 18 heavy (non-hydrogen) atoms. The molecule has 0 aliphatic rings. The molecule has 0 radical (unpaired) electrons. The summed E-state index contributed by atoms with van der Waals surface area (Å²) in [5.74, 6) is -0.512. The van der Waals surface area contributed by atoms with Crippen molar-refractivity contribution < 1.29 is 14.5 Å². The Bertz CT molecular complexity index is 462. The van der Waals surface area contributed by atoms with Crippen LogP contribution in [0.3, 0.4) is 0 Å². The first-order valence-corrected chi connectivity index (χ1v) is 5.35. The monoisotopic (exact) mass is 273 g/mol. The number of anilines is 1. The summed E-state index contributed by atoms with van der Waals surface area (Å²) < 4.78 is 4.84. The molecule has 0 saturated heterocycles. The molecule has 0 bridgehead atoms. The number of amides is 1. The number of nitrogens with two attached hydrogens (primary N) is 1. The van der Waals surface area contributed by atoms with Gasteiger partial charge in [-0.1, -0.05) is 11.6 Å². The first kappa shape index (κ1) is 14.4. The van der Waals surface area contributed by atoms with E-state index in [0.717, 1.165) is 0 Å². The van der Waals surface area contributed by atoms with Crippen molar-refractivity contribution in [3.8, 4) is 0 Å². The summed E-state index contributed by atoms with van der Waals surface area (Å²) in [6, 6.07) is 3.75. The van der Waals surface area contributed by atoms with Gasteiger partial charge in [-0.25, -0.2) is 0 Å². The third-order valence-corrected chi connectivity index (χ3v) is 2.54. The summed E-state index contributed by atoms with van der Waals surface area (Å²) in [6.07, 6.45) is -0.833. The van der Waals surface area contributed by atoms with Gasteiger partial charge in [0, 0.05) is 25.8 Å². The van der Waals surface area contributed by atoms with Crippen LogP contribution in [-0.4, -0.2) is 30.6 Å². The molecule has 98 valence electrons. The zero-order valence-electron chi connectivity index (χ0n) is 9.55. The lowest BCUT2D eigenvalue weighted by molar-refractivity contribution is -0.384. The molecule has 0 fully saturated rings. The van der Waals surface area contributed by atoms with Gasteiger partial charge in [-0.05, 0) is 6.07 Å². The number of hydrogen-bond acceptors (Lipinski definition) is 5. The van der Waals surface area contributed by atoms with Crippen LogP contribution in [0, 0.1) is 10.1 Å². The van der Waals surface area contributed by atoms with E-state index in [9.17, 15) is 14.9 Å². The van der Waals surface area contributed by atoms with Crippen LogP contribution in [0.15, 0.2) is 18.2 Å². The third-order valence-electron chi connectivity index (χ3n) is 2.21. The molecule has 0 aliphatic carbocycles. The molecule has 0 aromatic heterocycles. The van der Waals surface area contributed by atoms with Crippen LogP contribution in [0.1, 0.15) is 0 Å². The van der Waals surface area contributed by atoms with Crippen LogP contribution in [-0.2, 0) is 9.53 Å². The third kappa shape index (κ3) is 3.39. The second-order valence-corrected chi connectivity index (χ2v) is 3.78. The number of halogens is 1. The lowest BCUT2D eigenvalue weighted by Gasteiger charge is -2.13. The topological polar surface area (TPSA) is 107 Å². The fourth-order valence-corrected chi connectivity index (χ4v) is 1.41. The highest BCUT2D eigenvalue weighted by Gasteiger charge is 2.18. The van der Waals surface area contributed by atoms with Crippen molar-refractivity contribution in [3.63, 3.8) is 0 Å². The largest absolute Gasteiger partial charge is 0.370 e. The quantitative estimate of drug-likeness (QED) is 0.618. The molecule has 1 atom stereocenters. The number of ether oxygens (including phenoxy) is 1. The lowest BCUT2D eigenvalue weighted by Crippen LogP contribution is -2.35. The van der Waals surface area contributed by atoms with Crippen molar-refractivity contribution in [2.24, 2.45) is 5.73 Å². The number of nitro groups is 1. The van der Waals surface area contributed by atoms with Gasteiger partial charge in [-0.15, -0.1) is 0 Å². The van der Waals surface area contributed by atoms with Gasteiger partial charge < -0.3 is 15.8 Å². The van der Waals surface area contributed by atoms with Gasteiger partial charge in [0.1, 0.15) is 6.10 Å². The maximum Gasteiger partial charge on any atom is 0.271 e. The fraction of sp³-hybridized carbons (Fsp3) is 0.300. The summed E-state index contributed by atoms with van der Waals surface area (Å²) in [5, 5.41) is 13.2. The van der Waals surface area contributed by atoms with Crippen LogP contribution in [0.4, 0.5) is 11.4 Å². The molecule has 0 saturated carbocycles. The molecular weight excluding hydrogens is 262 g/mol. The standard InChI is InChI=1S/C10H12ClN3O4/c1-18-9(5-12)10(15)13-8-4-6(14(16)17)2-3-7(8)11/h2-4,9H,5,12H2,1H3,(H,13,15). The van der Waals surface area contributed by atoms with Crippen molar-refractivity contribution in [1.82, 2.24) is 0 Å². The average Bonchev–Trinajstić information content (AvgIpc) is 2.33. The number of carbonyl (C=O) groups excluding carboxylic acids is 1. The van der Waals surface area contributed by atoms with Crippen molar-refractivity contribution in [2.45, 2.75) is 6.10 Å². The zero-order valence-corrected chi connectivity index (χ0v) is 10.3. The maximum absolute atomic E-state index is 11.7. The number of nitrogens with zero attached hydrogens (tertiary/aromatic N) is 1. The van der Waals surface area contributed by atoms with E-state index in [-0.39, 0.29) is 22.9 Å². The van der Waals surface area contributed by atoms with E-state index in [1.807, 2.05) is 0 Å². The molecule has 3 N–H and O–H groups in total. The number of nitro benzene ring substituents is 1. The van der Waals surface area contributed by atoms with Gasteiger partial charge in [-0.3, -0.25) is 14.9 Å². The van der Waals surface area contributed by atoms with Crippen LogP contribution >= 0.6 is 11.6 Å². The Balaban J connectivity index is 2.93.